The lowest BCUT2D eigenvalue weighted by Gasteiger charge is -2.15. The van der Waals surface area contributed by atoms with E-state index in [1.807, 2.05) is 48.5 Å². The number of fused-ring (bicyclic) bond motifs is 11. The zero-order chi connectivity index (χ0) is 25.3. The molecule has 5 aromatic carbocycles. The molecule has 2 heterocycles. The highest BCUT2D eigenvalue weighted by molar-refractivity contribution is 6.26. The molecule has 0 aliphatic carbocycles. The van der Waals surface area contributed by atoms with Gasteiger partial charge in [-0.2, -0.15) is 21.0 Å². The van der Waals surface area contributed by atoms with Crippen LogP contribution in [0, 0.1) is 45.3 Å². The molecule has 37 heavy (non-hydrogen) atoms. The van der Waals surface area contributed by atoms with Gasteiger partial charge in [0.25, 0.3) is 0 Å². The first kappa shape index (κ1) is 20.5. The molecule has 166 valence electrons. The Bertz CT molecular complexity index is 2350. The Labute approximate surface area is 210 Å². The van der Waals surface area contributed by atoms with E-state index in [0.29, 0.717) is 10.8 Å². The molecule has 0 spiro atoms. The average Bonchev–Trinajstić information content (AvgIpc) is 3.34. The van der Waals surface area contributed by atoms with Gasteiger partial charge in [-0.1, -0.05) is 54.6 Å². The van der Waals surface area contributed by atoms with E-state index in [2.05, 4.69) is 59.0 Å². The van der Waals surface area contributed by atoms with Gasteiger partial charge in [-0.25, -0.2) is 0 Å². The van der Waals surface area contributed by atoms with E-state index in [0.717, 1.165) is 48.9 Å². The lowest BCUT2D eigenvalue weighted by molar-refractivity contribution is 1.35. The van der Waals surface area contributed by atoms with E-state index in [4.69, 9.17) is 0 Å². The van der Waals surface area contributed by atoms with Crippen LogP contribution in [0.5, 0.6) is 0 Å². The van der Waals surface area contributed by atoms with Crippen molar-refractivity contribution in [3.63, 3.8) is 0 Å². The third-order valence-electron chi connectivity index (χ3n) is 7.30. The van der Waals surface area contributed by atoms with Crippen molar-refractivity contribution in [3.05, 3.63) is 101 Å². The van der Waals surface area contributed by atoms with E-state index < -0.39 is 0 Å². The second kappa shape index (κ2) is 7.31. The van der Waals surface area contributed by atoms with Crippen LogP contribution in [0.25, 0.3) is 59.6 Å². The molecule has 0 amide bonds. The molecule has 0 saturated heterocycles. The number of nitriles is 4. The molecule has 5 heteroatoms. The van der Waals surface area contributed by atoms with Crippen molar-refractivity contribution in [1.82, 2.24) is 4.40 Å². The van der Waals surface area contributed by atoms with E-state index in [1.165, 1.54) is 0 Å². The molecule has 0 bridgehead atoms. The molecule has 0 aliphatic heterocycles. The van der Waals surface area contributed by atoms with Crippen LogP contribution in [0.1, 0.15) is 22.3 Å². The van der Waals surface area contributed by atoms with Crippen molar-refractivity contribution in [3.8, 4) is 24.3 Å². The van der Waals surface area contributed by atoms with Gasteiger partial charge in [0.15, 0.2) is 0 Å². The summed E-state index contributed by atoms with van der Waals surface area (Å²) < 4.78 is 2.18. The second-order valence-electron chi connectivity index (χ2n) is 9.00. The number of nitrogens with zero attached hydrogens (tertiary/aromatic N) is 5. The standard InChI is InChI=1S/C32H13N5/c33-14-25-22-12-24-31(13-23(22)26(15-34)28(17-36)27(25)16-35)37-29-8-4-2-6-19(29)11-30(37)21-10-9-18-5-1-3-7-20(18)32(21)24/h1-13H. The Kier molecular flexibility index (Phi) is 4.05. The Balaban J connectivity index is 1.89. The Hall–Kier alpha value is -5.88. The molecule has 0 radical (unpaired) electrons. The van der Waals surface area contributed by atoms with Gasteiger partial charge in [-0.3, -0.25) is 0 Å². The first-order chi connectivity index (χ1) is 18.2. The molecular weight excluding hydrogens is 454 g/mol. The predicted molar refractivity (Wildman–Crippen MR) is 144 cm³/mol. The van der Waals surface area contributed by atoms with Gasteiger partial charge in [0.2, 0.25) is 0 Å². The molecular formula is C32H13N5. The summed E-state index contributed by atoms with van der Waals surface area (Å²) in [5.41, 5.74) is 3.01. The van der Waals surface area contributed by atoms with E-state index in [1.54, 1.807) is 0 Å². The summed E-state index contributed by atoms with van der Waals surface area (Å²) >= 11 is 0. The summed E-state index contributed by atoms with van der Waals surface area (Å²) in [6.07, 6.45) is 0. The third-order valence-corrected chi connectivity index (χ3v) is 7.30. The van der Waals surface area contributed by atoms with Crippen molar-refractivity contribution in [1.29, 1.82) is 21.0 Å². The van der Waals surface area contributed by atoms with Gasteiger partial charge in [0.05, 0.1) is 38.8 Å². The molecule has 0 aliphatic rings. The summed E-state index contributed by atoms with van der Waals surface area (Å²) in [5.74, 6) is 0. The maximum absolute atomic E-state index is 10.1. The maximum atomic E-state index is 10.1. The van der Waals surface area contributed by atoms with Crippen molar-refractivity contribution >= 4 is 59.6 Å². The highest BCUT2D eigenvalue weighted by Gasteiger charge is 2.22. The largest absolute Gasteiger partial charge is 0.309 e. The van der Waals surface area contributed by atoms with Gasteiger partial charge >= 0.3 is 0 Å². The number of pyridine rings is 1. The quantitative estimate of drug-likeness (QED) is 0.174. The highest BCUT2D eigenvalue weighted by Crippen LogP contribution is 2.41. The van der Waals surface area contributed by atoms with Gasteiger partial charge in [0, 0.05) is 32.3 Å². The predicted octanol–water partition coefficient (Wildman–Crippen LogP) is 7.19. The number of hydrogen-bond donors (Lipinski definition) is 0. The second-order valence-corrected chi connectivity index (χ2v) is 9.00. The van der Waals surface area contributed by atoms with Crippen LogP contribution in [-0.2, 0) is 0 Å². The molecule has 5 nitrogen and oxygen atoms in total. The first-order valence-electron chi connectivity index (χ1n) is 11.6. The van der Waals surface area contributed by atoms with Crippen molar-refractivity contribution in [2.75, 3.05) is 0 Å². The summed E-state index contributed by atoms with van der Waals surface area (Å²) in [4.78, 5) is 0. The molecule has 7 rings (SSSR count). The fourth-order valence-electron chi connectivity index (χ4n) is 5.75. The number of benzene rings is 5. The maximum Gasteiger partial charge on any atom is 0.102 e. The van der Waals surface area contributed by atoms with Crippen LogP contribution >= 0.6 is 0 Å². The van der Waals surface area contributed by atoms with Crippen molar-refractivity contribution in [2.24, 2.45) is 0 Å². The number of aromatic nitrogens is 1. The molecule has 0 saturated carbocycles. The molecule has 0 fully saturated rings. The fourth-order valence-corrected chi connectivity index (χ4v) is 5.75. The van der Waals surface area contributed by atoms with E-state index >= 15 is 0 Å². The third kappa shape index (κ3) is 2.53. The SMILES string of the molecule is N#Cc1c(C#N)c(C#N)c2cc3c(cc2c1C#N)c1c2ccccc2ccc1c1cc2ccccc2n13. The monoisotopic (exact) mass is 467 g/mol. The number of para-hydroxylation sites is 1. The minimum Gasteiger partial charge on any atom is -0.309 e. The lowest BCUT2D eigenvalue weighted by atomic mass is 9.88. The molecule has 7 aromatic rings. The topological polar surface area (TPSA) is 99.6 Å². The molecule has 0 atom stereocenters. The van der Waals surface area contributed by atoms with Crippen LogP contribution < -0.4 is 0 Å². The first-order valence-corrected chi connectivity index (χ1v) is 11.6. The summed E-state index contributed by atoms with van der Waals surface area (Å²) in [6, 6.07) is 34.8. The van der Waals surface area contributed by atoms with Gasteiger partial charge in [-0.15, -0.1) is 0 Å². The molecule has 0 unspecified atom stereocenters. The van der Waals surface area contributed by atoms with Crippen molar-refractivity contribution < 1.29 is 0 Å². The Morgan fingerprint density at radius 2 is 1.03 bits per heavy atom. The van der Waals surface area contributed by atoms with Gasteiger partial charge in [0.1, 0.15) is 24.3 Å². The van der Waals surface area contributed by atoms with Gasteiger partial charge in [-0.05, 0) is 35.0 Å². The molecule has 0 N–H and O–H groups in total. The summed E-state index contributed by atoms with van der Waals surface area (Å²) in [5, 5.41) is 47.0. The summed E-state index contributed by atoms with van der Waals surface area (Å²) in [6.45, 7) is 0. The number of rotatable bonds is 0. The minimum absolute atomic E-state index is 0.0601. The highest BCUT2D eigenvalue weighted by atomic mass is 14.9. The van der Waals surface area contributed by atoms with Crippen LogP contribution in [0.4, 0.5) is 0 Å². The fraction of sp³-hybridized carbons (Fsp3) is 0. The van der Waals surface area contributed by atoms with Crippen LogP contribution in [0.3, 0.4) is 0 Å². The number of hydrogen-bond acceptors (Lipinski definition) is 4. The Morgan fingerprint density at radius 1 is 0.432 bits per heavy atom. The Morgan fingerprint density at radius 3 is 1.73 bits per heavy atom. The van der Waals surface area contributed by atoms with E-state index in [-0.39, 0.29) is 22.3 Å². The normalized spacial score (nSPS) is 11.1. The smallest absolute Gasteiger partial charge is 0.102 e. The molecule has 2 aromatic heterocycles. The van der Waals surface area contributed by atoms with Crippen LogP contribution in [-0.4, -0.2) is 4.40 Å². The zero-order valence-electron chi connectivity index (χ0n) is 19.2. The summed E-state index contributed by atoms with van der Waals surface area (Å²) in [7, 11) is 0. The van der Waals surface area contributed by atoms with Crippen LogP contribution in [0.15, 0.2) is 78.9 Å². The van der Waals surface area contributed by atoms with Crippen molar-refractivity contribution in [2.45, 2.75) is 0 Å². The van der Waals surface area contributed by atoms with Crippen LogP contribution in [0.2, 0.25) is 0 Å². The zero-order valence-corrected chi connectivity index (χ0v) is 19.2. The van der Waals surface area contributed by atoms with E-state index in [9.17, 15) is 21.0 Å². The average molecular weight is 467 g/mol. The minimum atomic E-state index is -0.0618. The van der Waals surface area contributed by atoms with Gasteiger partial charge < -0.3 is 4.40 Å². The lowest BCUT2D eigenvalue weighted by Crippen LogP contribution is -1.99.